The zero-order chi connectivity index (χ0) is 21.7. The highest BCUT2D eigenvalue weighted by Crippen LogP contribution is 2.38. The Morgan fingerprint density at radius 1 is 0.967 bits per heavy atom. The van der Waals surface area contributed by atoms with Crippen LogP contribution in [0.5, 0.6) is 17.2 Å². The van der Waals surface area contributed by atoms with Crippen LogP contribution in [-0.4, -0.2) is 38.1 Å². The van der Waals surface area contributed by atoms with E-state index in [1.54, 1.807) is 37.3 Å². The lowest BCUT2D eigenvalue weighted by Crippen LogP contribution is -2.15. The topological polar surface area (TPSA) is 112 Å². The standard InChI is InChI=1S/C21H21N3O6/c1-12-8-18(24-21(26)15-6-5-7-30-15)22-11-14(12)23-20(25)13-9-16(27-2)19(29-4)17(10-13)28-3/h5-11H,1-4H3,(H,23,25)(H,22,24,26). The first-order valence-corrected chi connectivity index (χ1v) is 8.89. The normalized spacial score (nSPS) is 10.3. The SMILES string of the molecule is COc1cc(C(=O)Nc2cnc(NC(=O)c3ccco3)cc2C)cc(OC)c1OC. The summed E-state index contributed by atoms with van der Waals surface area (Å²) in [5.74, 6) is 0.841. The molecule has 2 heterocycles. The maximum atomic E-state index is 12.7. The van der Waals surface area contributed by atoms with Crippen molar-refractivity contribution in [3.8, 4) is 17.2 Å². The van der Waals surface area contributed by atoms with E-state index in [1.807, 2.05) is 0 Å². The Morgan fingerprint density at radius 3 is 2.20 bits per heavy atom. The van der Waals surface area contributed by atoms with Crippen molar-refractivity contribution in [1.82, 2.24) is 4.98 Å². The molecule has 1 aromatic carbocycles. The summed E-state index contributed by atoms with van der Waals surface area (Å²) in [4.78, 5) is 29.0. The van der Waals surface area contributed by atoms with Crippen molar-refractivity contribution in [2.45, 2.75) is 6.92 Å². The first-order valence-electron chi connectivity index (χ1n) is 8.89. The molecule has 30 heavy (non-hydrogen) atoms. The Morgan fingerprint density at radius 2 is 1.67 bits per heavy atom. The molecule has 0 saturated carbocycles. The smallest absolute Gasteiger partial charge is 0.292 e. The van der Waals surface area contributed by atoms with Crippen LogP contribution in [0.3, 0.4) is 0 Å². The number of ether oxygens (including phenoxy) is 3. The van der Waals surface area contributed by atoms with Crippen LogP contribution in [0.15, 0.2) is 47.2 Å². The Balaban J connectivity index is 1.78. The van der Waals surface area contributed by atoms with Gasteiger partial charge in [-0.15, -0.1) is 0 Å². The lowest BCUT2D eigenvalue weighted by molar-refractivity contribution is 0.0994. The summed E-state index contributed by atoms with van der Waals surface area (Å²) in [5, 5.41) is 5.43. The third kappa shape index (κ3) is 4.35. The molecule has 0 spiro atoms. The van der Waals surface area contributed by atoms with Gasteiger partial charge in [0, 0.05) is 5.56 Å². The number of hydrogen-bond donors (Lipinski definition) is 2. The number of amides is 2. The summed E-state index contributed by atoms with van der Waals surface area (Å²) in [6.07, 6.45) is 2.87. The summed E-state index contributed by atoms with van der Waals surface area (Å²) < 4.78 is 20.9. The molecule has 3 aromatic rings. The predicted molar refractivity (Wildman–Crippen MR) is 110 cm³/mol. The zero-order valence-electron chi connectivity index (χ0n) is 16.9. The molecule has 0 bridgehead atoms. The molecule has 2 N–H and O–H groups in total. The third-order valence-corrected chi connectivity index (χ3v) is 4.27. The Kier molecular flexibility index (Phi) is 6.21. The molecule has 156 valence electrons. The fourth-order valence-corrected chi connectivity index (χ4v) is 2.75. The van der Waals surface area contributed by atoms with Crippen LogP contribution in [0.2, 0.25) is 0 Å². The van der Waals surface area contributed by atoms with Gasteiger partial charge in [-0.2, -0.15) is 0 Å². The summed E-state index contributed by atoms with van der Waals surface area (Å²) in [6, 6.07) is 7.92. The first kappa shape index (κ1) is 20.7. The summed E-state index contributed by atoms with van der Waals surface area (Å²) in [6.45, 7) is 1.79. The highest BCUT2D eigenvalue weighted by Gasteiger charge is 2.18. The van der Waals surface area contributed by atoms with Gasteiger partial charge in [-0.25, -0.2) is 4.98 Å². The molecule has 0 saturated heterocycles. The van der Waals surface area contributed by atoms with E-state index >= 15 is 0 Å². The molecule has 2 aromatic heterocycles. The summed E-state index contributed by atoms with van der Waals surface area (Å²) in [5.41, 5.74) is 1.52. The van der Waals surface area contributed by atoms with E-state index in [-0.39, 0.29) is 11.7 Å². The van der Waals surface area contributed by atoms with Gasteiger partial charge in [0.05, 0.1) is 39.5 Å². The van der Waals surface area contributed by atoms with Crippen LogP contribution in [0.4, 0.5) is 11.5 Å². The van der Waals surface area contributed by atoms with Gasteiger partial charge in [-0.1, -0.05) is 0 Å². The molecular weight excluding hydrogens is 390 g/mol. The monoisotopic (exact) mass is 411 g/mol. The number of nitrogens with zero attached hydrogens (tertiary/aromatic N) is 1. The number of pyridine rings is 1. The van der Waals surface area contributed by atoms with E-state index in [9.17, 15) is 9.59 Å². The fourth-order valence-electron chi connectivity index (χ4n) is 2.75. The van der Waals surface area contributed by atoms with Crippen LogP contribution < -0.4 is 24.8 Å². The quantitative estimate of drug-likeness (QED) is 0.612. The molecule has 0 fully saturated rings. The molecular formula is C21H21N3O6. The minimum atomic E-state index is -0.416. The average Bonchev–Trinajstić information content (AvgIpc) is 3.29. The number of rotatable bonds is 7. The molecule has 0 unspecified atom stereocenters. The molecule has 0 aliphatic carbocycles. The molecule has 2 amide bonds. The van der Waals surface area contributed by atoms with Gasteiger partial charge in [0.2, 0.25) is 5.75 Å². The van der Waals surface area contributed by atoms with Gasteiger partial charge >= 0.3 is 0 Å². The summed E-state index contributed by atoms with van der Waals surface area (Å²) in [7, 11) is 4.44. The Hall–Kier alpha value is -4.01. The number of hydrogen-bond acceptors (Lipinski definition) is 7. The van der Waals surface area contributed by atoms with Crippen molar-refractivity contribution >= 4 is 23.3 Å². The fraction of sp³-hybridized carbons (Fsp3) is 0.190. The van der Waals surface area contributed by atoms with Gasteiger partial charge in [0.1, 0.15) is 5.82 Å². The average molecular weight is 411 g/mol. The number of nitrogens with one attached hydrogen (secondary N) is 2. The number of furan rings is 1. The van der Waals surface area contributed by atoms with E-state index in [2.05, 4.69) is 15.6 Å². The molecule has 0 aliphatic rings. The van der Waals surface area contributed by atoms with E-state index < -0.39 is 5.91 Å². The van der Waals surface area contributed by atoms with Crippen LogP contribution in [-0.2, 0) is 0 Å². The van der Waals surface area contributed by atoms with E-state index in [1.165, 1.54) is 33.8 Å². The molecule has 0 atom stereocenters. The zero-order valence-corrected chi connectivity index (χ0v) is 16.9. The number of carbonyl (C=O) groups is 2. The van der Waals surface area contributed by atoms with Crippen molar-refractivity contribution in [1.29, 1.82) is 0 Å². The Bertz CT molecular complexity index is 1040. The van der Waals surface area contributed by atoms with E-state index in [4.69, 9.17) is 18.6 Å². The van der Waals surface area contributed by atoms with Crippen LogP contribution in [0.25, 0.3) is 0 Å². The minimum absolute atomic E-state index is 0.175. The largest absolute Gasteiger partial charge is 0.493 e. The molecule has 9 heteroatoms. The second-order valence-corrected chi connectivity index (χ2v) is 6.18. The van der Waals surface area contributed by atoms with Crippen molar-refractivity contribution in [3.63, 3.8) is 0 Å². The lowest BCUT2D eigenvalue weighted by atomic mass is 10.1. The maximum absolute atomic E-state index is 12.7. The molecule has 0 radical (unpaired) electrons. The van der Waals surface area contributed by atoms with Crippen LogP contribution in [0, 0.1) is 6.92 Å². The summed E-state index contributed by atoms with van der Waals surface area (Å²) >= 11 is 0. The number of aryl methyl sites for hydroxylation is 1. The molecule has 0 aliphatic heterocycles. The van der Waals surface area contributed by atoms with Gasteiger partial charge in [0.15, 0.2) is 17.3 Å². The lowest BCUT2D eigenvalue weighted by Gasteiger charge is -2.14. The number of anilines is 2. The second-order valence-electron chi connectivity index (χ2n) is 6.18. The number of benzene rings is 1. The van der Waals surface area contributed by atoms with Crippen molar-refractivity contribution in [2.24, 2.45) is 0 Å². The number of carbonyl (C=O) groups excluding carboxylic acids is 2. The van der Waals surface area contributed by atoms with Gasteiger partial charge in [-0.05, 0) is 42.8 Å². The number of aromatic nitrogens is 1. The van der Waals surface area contributed by atoms with Gasteiger partial charge < -0.3 is 29.3 Å². The number of methoxy groups -OCH3 is 3. The predicted octanol–water partition coefficient (Wildman–Crippen LogP) is 3.51. The van der Waals surface area contributed by atoms with Gasteiger partial charge in [0.25, 0.3) is 11.8 Å². The van der Waals surface area contributed by atoms with E-state index in [0.717, 1.165) is 0 Å². The molecule has 9 nitrogen and oxygen atoms in total. The Labute approximate surface area is 173 Å². The van der Waals surface area contributed by atoms with Crippen molar-refractivity contribution in [3.05, 3.63) is 59.7 Å². The maximum Gasteiger partial charge on any atom is 0.292 e. The van der Waals surface area contributed by atoms with Crippen molar-refractivity contribution in [2.75, 3.05) is 32.0 Å². The van der Waals surface area contributed by atoms with E-state index in [0.29, 0.717) is 39.9 Å². The molecule has 3 rings (SSSR count). The van der Waals surface area contributed by atoms with Crippen LogP contribution >= 0.6 is 0 Å². The van der Waals surface area contributed by atoms with Crippen LogP contribution in [0.1, 0.15) is 26.5 Å². The minimum Gasteiger partial charge on any atom is -0.493 e. The first-order chi connectivity index (χ1) is 14.5. The van der Waals surface area contributed by atoms with Gasteiger partial charge in [-0.3, -0.25) is 9.59 Å². The highest BCUT2D eigenvalue weighted by atomic mass is 16.5. The third-order valence-electron chi connectivity index (χ3n) is 4.27. The second kappa shape index (κ2) is 8.99. The van der Waals surface area contributed by atoms with Crippen molar-refractivity contribution < 1.29 is 28.2 Å². The highest BCUT2D eigenvalue weighted by molar-refractivity contribution is 6.06.